The summed E-state index contributed by atoms with van der Waals surface area (Å²) in [5.74, 6) is -4.57. The molecule has 1 unspecified atom stereocenters. The molecule has 0 bridgehead atoms. The van der Waals surface area contributed by atoms with Crippen molar-refractivity contribution in [2.24, 2.45) is 0 Å². The van der Waals surface area contributed by atoms with Crippen LogP contribution in [0.25, 0.3) is 22.4 Å². The van der Waals surface area contributed by atoms with Crippen molar-refractivity contribution in [2.45, 2.75) is 32.1 Å². The van der Waals surface area contributed by atoms with E-state index in [0.717, 1.165) is 30.8 Å². The van der Waals surface area contributed by atoms with Crippen LogP contribution in [0.1, 0.15) is 28.9 Å². The molecule has 2 aromatic heterocycles. The lowest BCUT2D eigenvalue weighted by atomic mass is 10.1. The van der Waals surface area contributed by atoms with Crippen LogP contribution in [0.2, 0.25) is 0 Å². The third-order valence-corrected chi connectivity index (χ3v) is 6.97. The van der Waals surface area contributed by atoms with Crippen molar-refractivity contribution in [1.82, 2.24) is 19.5 Å². The number of rotatable bonds is 8. The monoisotopic (exact) mass is 577 g/mol. The van der Waals surface area contributed by atoms with Crippen LogP contribution in [-0.2, 0) is 24.3 Å². The van der Waals surface area contributed by atoms with Crippen LogP contribution in [0.15, 0.2) is 54.7 Å². The molecule has 1 fully saturated rings. The summed E-state index contributed by atoms with van der Waals surface area (Å²) in [5.41, 5.74) is 0.378. The average Bonchev–Trinajstić information content (AvgIpc) is 3.30. The summed E-state index contributed by atoms with van der Waals surface area (Å²) in [6.45, 7) is 0.567. The lowest BCUT2D eigenvalue weighted by Gasteiger charge is -2.27. The number of imidazole rings is 1. The van der Waals surface area contributed by atoms with Crippen molar-refractivity contribution in [3.63, 3.8) is 0 Å². The highest BCUT2D eigenvalue weighted by Gasteiger charge is 2.24. The maximum Gasteiger partial charge on any atom is 0.254 e. The number of para-hydroxylation sites is 1. The second-order valence-corrected chi connectivity index (χ2v) is 9.68. The second-order valence-electron chi connectivity index (χ2n) is 9.68. The molecule has 42 heavy (non-hydrogen) atoms. The van der Waals surface area contributed by atoms with Crippen molar-refractivity contribution in [2.75, 3.05) is 6.61 Å². The third kappa shape index (κ3) is 5.26. The smallest absolute Gasteiger partial charge is 0.254 e. The maximum atomic E-state index is 15.3. The van der Waals surface area contributed by atoms with Gasteiger partial charge in [0.05, 0.1) is 41.6 Å². The molecule has 3 aromatic carbocycles. The molecule has 1 atom stereocenters. The van der Waals surface area contributed by atoms with Gasteiger partial charge in [-0.25, -0.2) is 27.5 Å². The lowest BCUT2D eigenvalue weighted by Crippen LogP contribution is -2.31. The molecule has 0 saturated carbocycles. The zero-order valence-corrected chi connectivity index (χ0v) is 21.8. The minimum absolute atomic E-state index is 0.0323. The molecule has 0 N–H and O–H groups in total. The van der Waals surface area contributed by atoms with E-state index < -0.39 is 41.6 Å². The molecule has 5 aromatic rings. The Kier molecular flexibility index (Phi) is 7.26. The molecule has 0 amide bonds. The van der Waals surface area contributed by atoms with Gasteiger partial charge in [0.2, 0.25) is 5.82 Å². The van der Waals surface area contributed by atoms with E-state index in [4.69, 9.17) is 14.7 Å². The minimum atomic E-state index is -0.994. The van der Waals surface area contributed by atoms with Gasteiger partial charge in [-0.05, 0) is 48.4 Å². The van der Waals surface area contributed by atoms with Crippen LogP contribution in [0.3, 0.4) is 0 Å². The largest absolute Gasteiger partial charge is 0.471 e. The number of benzene rings is 3. The van der Waals surface area contributed by atoms with Crippen molar-refractivity contribution in [1.29, 1.82) is 5.26 Å². The molecule has 7 nitrogen and oxygen atoms in total. The minimum Gasteiger partial charge on any atom is -0.471 e. The summed E-state index contributed by atoms with van der Waals surface area (Å²) in [6, 6.07) is 11.9. The highest BCUT2D eigenvalue weighted by atomic mass is 19.1. The SMILES string of the molecule is N#Cc1ccc(COc2nc(-c3cc(F)c(Cc4nc5c(F)cccc5n4CC4CCO4)cc3F)ncc2F)c(F)c1. The molecule has 0 radical (unpaired) electrons. The second kappa shape index (κ2) is 11.2. The van der Waals surface area contributed by atoms with Gasteiger partial charge in [-0.2, -0.15) is 14.6 Å². The zero-order valence-electron chi connectivity index (χ0n) is 21.8. The van der Waals surface area contributed by atoms with E-state index in [0.29, 0.717) is 24.5 Å². The standard InChI is InChI=1S/C30H20F5N5O2/c31-21-2-1-3-26-28(21)38-27(40(26)14-19-6-7-41-19)10-18-9-24(34)20(11-23(18)33)29-37-13-25(35)30(39-29)42-15-17-5-4-16(12-36)8-22(17)32/h1-5,8-9,11,13,19H,6-7,10,14-15H2. The average molecular weight is 578 g/mol. The fourth-order valence-corrected chi connectivity index (χ4v) is 4.66. The highest BCUT2D eigenvalue weighted by Crippen LogP contribution is 2.29. The molecule has 12 heteroatoms. The Labute approximate surface area is 235 Å². The number of hydrogen-bond donors (Lipinski definition) is 0. The van der Waals surface area contributed by atoms with Gasteiger partial charge in [-0.1, -0.05) is 12.1 Å². The Hall–Kier alpha value is -4.89. The molecule has 3 heterocycles. The normalized spacial score (nSPS) is 14.5. The van der Waals surface area contributed by atoms with E-state index in [1.165, 1.54) is 18.2 Å². The molecule has 6 rings (SSSR count). The Morgan fingerprint density at radius 3 is 2.48 bits per heavy atom. The van der Waals surface area contributed by atoms with Crippen LogP contribution in [-0.4, -0.2) is 32.2 Å². The molecule has 0 spiro atoms. The lowest BCUT2D eigenvalue weighted by molar-refractivity contribution is -0.0589. The fraction of sp³-hybridized carbons (Fsp3) is 0.200. The first-order valence-corrected chi connectivity index (χ1v) is 12.9. The molecular formula is C30H20F5N5O2. The van der Waals surface area contributed by atoms with Crippen molar-refractivity contribution in [3.05, 3.63) is 106 Å². The molecule has 0 aliphatic carbocycles. The molecular weight excluding hydrogens is 557 g/mol. The number of nitrogens with zero attached hydrogens (tertiary/aromatic N) is 5. The number of fused-ring (bicyclic) bond motifs is 1. The predicted molar refractivity (Wildman–Crippen MR) is 140 cm³/mol. The van der Waals surface area contributed by atoms with E-state index in [-0.39, 0.29) is 46.1 Å². The summed E-state index contributed by atoms with van der Waals surface area (Å²) in [4.78, 5) is 12.0. The third-order valence-electron chi connectivity index (χ3n) is 6.97. The van der Waals surface area contributed by atoms with Gasteiger partial charge < -0.3 is 14.0 Å². The quantitative estimate of drug-likeness (QED) is 0.210. The number of halogens is 5. The number of ether oxygens (including phenoxy) is 2. The topological polar surface area (TPSA) is 85.8 Å². The summed E-state index contributed by atoms with van der Waals surface area (Å²) in [5, 5.41) is 8.87. The van der Waals surface area contributed by atoms with Crippen molar-refractivity contribution >= 4 is 11.0 Å². The number of aromatic nitrogens is 4. The van der Waals surface area contributed by atoms with Crippen LogP contribution < -0.4 is 4.74 Å². The number of hydrogen-bond acceptors (Lipinski definition) is 6. The molecule has 1 aliphatic rings. The first-order chi connectivity index (χ1) is 20.3. The maximum absolute atomic E-state index is 15.3. The van der Waals surface area contributed by atoms with E-state index in [2.05, 4.69) is 15.0 Å². The van der Waals surface area contributed by atoms with Crippen LogP contribution in [0.5, 0.6) is 5.88 Å². The molecule has 1 aliphatic heterocycles. The predicted octanol–water partition coefficient (Wildman–Crippen LogP) is 6.02. The van der Waals surface area contributed by atoms with Gasteiger partial charge in [-0.3, -0.25) is 0 Å². The van der Waals surface area contributed by atoms with Crippen LogP contribution >= 0.6 is 0 Å². The summed E-state index contributed by atoms with van der Waals surface area (Å²) < 4.78 is 86.2. The molecule has 1 saturated heterocycles. The summed E-state index contributed by atoms with van der Waals surface area (Å²) in [7, 11) is 0. The van der Waals surface area contributed by atoms with Gasteiger partial charge in [0.15, 0.2) is 11.6 Å². The Bertz CT molecular complexity index is 1870. The Morgan fingerprint density at radius 1 is 0.929 bits per heavy atom. The van der Waals surface area contributed by atoms with E-state index in [1.54, 1.807) is 22.8 Å². The fourth-order valence-electron chi connectivity index (χ4n) is 4.66. The number of nitriles is 1. The highest BCUT2D eigenvalue weighted by molar-refractivity contribution is 5.77. The Morgan fingerprint density at radius 2 is 1.74 bits per heavy atom. The first kappa shape index (κ1) is 27.3. The first-order valence-electron chi connectivity index (χ1n) is 12.9. The van der Waals surface area contributed by atoms with Crippen LogP contribution in [0, 0.1) is 40.4 Å². The van der Waals surface area contributed by atoms with Crippen molar-refractivity contribution in [3.8, 4) is 23.3 Å². The summed E-state index contributed by atoms with van der Waals surface area (Å²) in [6.07, 6.45) is 1.32. The van der Waals surface area contributed by atoms with Gasteiger partial charge in [0.25, 0.3) is 5.88 Å². The van der Waals surface area contributed by atoms with Gasteiger partial charge in [0.1, 0.15) is 35.4 Å². The van der Waals surface area contributed by atoms with Gasteiger partial charge in [-0.15, -0.1) is 0 Å². The summed E-state index contributed by atoms with van der Waals surface area (Å²) >= 11 is 0. The Balaban J connectivity index is 1.27. The molecule has 212 valence electrons. The van der Waals surface area contributed by atoms with Gasteiger partial charge >= 0.3 is 0 Å². The van der Waals surface area contributed by atoms with E-state index in [9.17, 15) is 13.2 Å². The zero-order chi connectivity index (χ0) is 29.4. The van der Waals surface area contributed by atoms with Crippen molar-refractivity contribution < 1.29 is 31.4 Å². The van der Waals surface area contributed by atoms with Crippen LogP contribution in [0.4, 0.5) is 22.0 Å². The van der Waals surface area contributed by atoms with E-state index >= 15 is 8.78 Å². The van der Waals surface area contributed by atoms with E-state index in [1.807, 2.05) is 0 Å². The van der Waals surface area contributed by atoms with Gasteiger partial charge in [0, 0.05) is 18.6 Å².